The number of nitro groups is 1. The van der Waals surface area contributed by atoms with Crippen molar-refractivity contribution in [2.24, 2.45) is 0 Å². The second-order valence-electron chi connectivity index (χ2n) is 6.01. The largest absolute Gasteiger partial charge is 0.311 e. The highest BCUT2D eigenvalue weighted by molar-refractivity contribution is 7.89. The molecule has 9 heteroatoms. The maximum Gasteiger partial charge on any atom is 0.289 e. The van der Waals surface area contributed by atoms with Gasteiger partial charge in [-0.3, -0.25) is 10.1 Å². The van der Waals surface area contributed by atoms with E-state index in [0.717, 1.165) is 25.7 Å². The molecule has 2 unspecified atom stereocenters. The van der Waals surface area contributed by atoms with Crippen LogP contribution in [0.2, 0.25) is 0 Å². The Morgan fingerprint density at radius 2 is 1.78 bits per heavy atom. The molecule has 0 saturated carbocycles. The van der Waals surface area contributed by atoms with Crippen LogP contribution in [-0.2, 0) is 10.0 Å². The first-order valence-corrected chi connectivity index (χ1v) is 8.81. The number of nitro benzene ring substituents is 1. The summed E-state index contributed by atoms with van der Waals surface area (Å²) in [5.74, 6) is 0. The molecule has 23 heavy (non-hydrogen) atoms. The van der Waals surface area contributed by atoms with Crippen molar-refractivity contribution in [3.05, 3.63) is 34.4 Å². The van der Waals surface area contributed by atoms with Crippen molar-refractivity contribution in [2.75, 3.05) is 7.05 Å². The molecule has 1 aromatic rings. The molecule has 2 heterocycles. The fourth-order valence-corrected chi connectivity index (χ4v) is 5.03. The van der Waals surface area contributed by atoms with E-state index in [4.69, 9.17) is 0 Å². The molecule has 1 N–H and O–H groups in total. The molecule has 2 atom stereocenters. The maximum absolute atomic E-state index is 12.8. The summed E-state index contributed by atoms with van der Waals surface area (Å²) in [5, 5.41) is 14.6. The predicted molar refractivity (Wildman–Crippen MR) is 88.3 cm³/mol. The average molecular weight is 362 g/mol. The van der Waals surface area contributed by atoms with E-state index in [1.54, 1.807) is 0 Å². The number of benzene rings is 1. The Hall–Kier alpha value is -1.22. The molecule has 3 rings (SSSR count). The minimum atomic E-state index is -3.87. The predicted octanol–water partition coefficient (Wildman–Crippen LogP) is 1.92. The summed E-state index contributed by atoms with van der Waals surface area (Å²) in [6.45, 7) is 0. The van der Waals surface area contributed by atoms with E-state index < -0.39 is 14.9 Å². The van der Waals surface area contributed by atoms with E-state index in [0.29, 0.717) is 12.1 Å². The first-order valence-electron chi connectivity index (χ1n) is 7.37. The second kappa shape index (κ2) is 6.72. The Morgan fingerprint density at radius 3 is 2.35 bits per heavy atom. The Bertz CT molecular complexity index is 685. The van der Waals surface area contributed by atoms with Gasteiger partial charge < -0.3 is 5.32 Å². The number of nitrogens with zero attached hydrogens (tertiary/aromatic N) is 2. The van der Waals surface area contributed by atoms with E-state index in [-0.39, 0.29) is 29.0 Å². The lowest BCUT2D eigenvalue weighted by molar-refractivity contribution is -0.387. The van der Waals surface area contributed by atoms with Gasteiger partial charge in [0.25, 0.3) is 5.69 Å². The van der Waals surface area contributed by atoms with Gasteiger partial charge in [0, 0.05) is 31.2 Å². The van der Waals surface area contributed by atoms with Crippen molar-refractivity contribution < 1.29 is 13.3 Å². The number of hydrogen-bond acceptors (Lipinski definition) is 5. The van der Waals surface area contributed by atoms with Crippen molar-refractivity contribution in [2.45, 2.75) is 48.7 Å². The van der Waals surface area contributed by atoms with Crippen molar-refractivity contribution >= 4 is 28.1 Å². The zero-order chi connectivity index (χ0) is 15.9. The summed E-state index contributed by atoms with van der Waals surface area (Å²) in [4.78, 5) is 10.2. The molecular weight excluding hydrogens is 342 g/mol. The number of fused-ring (bicyclic) bond motifs is 2. The molecule has 0 aromatic heterocycles. The highest BCUT2D eigenvalue weighted by atomic mass is 35.5. The summed E-state index contributed by atoms with van der Waals surface area (Å²) in [6.07, 6.45) is 3.65. The molecule has 0 aliphatic carbocycles. The highest BCUT2D eigenvalue weighted by Gasteiger charge is 2.40. The van der Waals surface area contributed by atoms with Crippen LogP contribution in [0.25, 0.3) is 0 Å². The average Bonchev–Trinajstić information content (AvgIpc) is 2.84. The van der Waals surface area contributed by atoms with Gasteiger partial charge >= 0.3 is 0 Å². The van der Waals surface area contributed by atoms with Crippen LogP contribution in [0.15, 0.2) is 29.2 Å². The number of rotatable bonds is 4. The van der Waals surface area contributed by atoms with Gasteiger partial charge in [-0.1, -0.05) is 12.1 Å². The summed E-state index contributed by atoms with van der Waals surface area (Å²) >= 11 is 0. The van der Waals surface area contributed by atoms with Crippen LogP contribution in [0.1, 0.15) is 25.7 Å². The summed E-state index contributed by atoms with van der Waals surface area (Å²) in [7, 11) is -2.34. The second-order valence-corrected chi connectivity index (χ2v) is 7.98. The normalized spacial score (nSPS) is 26.8. The third kappa shape index (κ3) is 3.35. The number of halogens is 1. The maximum atomic E-state index is 12.8. The summed E-state index contributed by atoms with van der Waals surface area (Å²) in [5.41, 5.74) is -0.369. The first kappa shape index (κ1) is 18.1. The van der Waals surface area contributed by atoms with Crippen molar-refractivity contribution in [1.82, 2.24) is 9.62 Å². The van der Waals surface area contributed by atoms with Gasteiger partial charge in [-0.15, -0.1) is 12.4 Å². The standard InChI is InChI=1S/C14H19N3O4S.ClH/c1-16(12-8-10-6-7-11(9-12)15-10)22(20,21)14-5-3-2-4-13(14)17(18)19;/h2-5,10-12,15H,6-9H2,1H3;1H. The number of piperidine rings is 1. The summed E-state index contributed by atoms with van der Waals surface area (Å²) < 4.78 is 26.9. The van der Waals surface area contributed by atoms with Crippen LogP contribution < -0.4 is 5.32 Å². The van der Waals surface area contributed by atoms with Crippen LogP contribution in [0.4, 0.5) is 5.69 Å². The van der Waals surface area contributed by atoms with Crippen molar-refractivity contribution in [3.63, 3.8) is 0 Å². The Morgan fingerprint density at radius 1 is 1.22 bits per heavy atom. The molecule has 0 radical (unpaired) electrons. The van der Waals surface area contributed by atoms with E-state index in [1.807, 2.05) is 0 Å². The molecule has 0 amide bonds. The molecule has 7 nitrogen and oxygen atoms in total. The topological polar surface area (TPSA) is 92.6 Å². The third-order valence-corrected chi connectivity index (χ3v) is 6.64. The fraction of sp³-hybridized carbons (Fsp3) is 0.571. The Kier molecular flexibility index (Phi) is 5.30. The van der Waals surface area contributed by atoms with Gasteiger partial charge in [0.1, 0.15) is 0 Å². The van der Waals surface area contributed by atoms with E-state index in [9.17, 15) is 18.5 Å². The van der Waals surface area contributed by atoms with Gasteiger partial charge in [0.2, 0.25) is 10.0 Å². The summed E-state index contributed by atoms with van der Waals surface area (Å²) in [6, 6.07) is 6.12. The minimum Gasteiger partial charge on any atom is -0.311 e. The van der Waals surface area contributed by atoms with E-state index in [1.165, 1.54) is 35.6 Å². The van der Waals surface area contributed by atoms with Crippen molar-refractivity contribution in [1.29, 1.82) is 0 Å². The first-order chi connectivity index (χ1) is 10.4. The van der Waals surface area contributed by atoms with Gasteiger partial charge in [-0.05, 0) is 31.7 Å². The number of nitrogens with one attached hydrogen (secondary N) is 1. The van der Waals surface area contributed by atoms with Gasteiger partial charge in [-0.25, -0.2) is 8.42 Å². The molecule has 2 saturated heterocycles. The Labute approximate surface area is 141 Å². The van der Waals surface area contributed by atoms with Crippen LogP contribution in [0.3, 0.4) is 0 Å². The minimum absolute atomic E-state index is 0. The van der Waals surface area contributed by atoms with Crippen LogP contribution in [0.5, 0.6) is 0 Å². The zero-order valence-corrected chi connectivity index (χ0v) is 14.3. The Balaban J connectivity index is 0.00000192. The van der Waals surface area contributed by atoms with Crippen LogP contribution in [-0.4, -0.2) is 42.8 Å². The number of hydrogen-bond donors (Lipinski definition) is 1. The number of para-hydroxylation sites is 1. The number of sulfonamides is 1. The van der Waals surface area contributed by atoms with Crippen LogP contribution in [0, 0.1) is 10.1 Å². The molecule has 1 aromatic carbocycles. The van der Waals surface area contributed by atoms with Gasteiger partial charge in [0.05, 0.1) is 4.92 Å². The van der Waals surface area contributed by atoms with Gasteiger partial charge in [-0.2, -0.15) is 4.31 Å². The highest BCUT2D eigenvalue weighted by Crippen LogP contribution is 2.33. The zero-order valence-electron chi connectivity index (χ0n) is 12.7. The quantitative estimate of drug-likeness (QED) is 0.653. The van der Waals surface area contributed by atoms with Crippen LogP contribution >= 0.6 is 12.4 Å². The lowest BCUT2D eigenvalue weighted by Crippen LogP contribution is -2.48. The lowest BCUT2D eigenvalue weighted by atomic mass is 10.0. The van der Waals surface area contributed by atoms with Crippen molar-refractivity contribution in [3.8, 4) is 0 Å². The van der Waals surface area contributed by atoms with E-state index in [2.05, 4.69) is 5.32 Å². The molecule has 0 spiro atoms. The molecular formula is C14H20ClN3O4S. The molecule has 2 aliphatic heterocycles. The molecule has 2 aliphatic rings. The van der Waals surface area contributed by atoms with Gasteiger partial charge in [0.15, 0.2) is 4.90 Å². The molecule has 128 valence electrons. The third-order valence-electron chi connectivity index (χ3n) is 4.68. The monoisotopic (exact) mass is 361 g/mol. The SMILES string of the molecule is CN(C1CC2CCC(C1)N2)S(=O)(=O)c1ccccc1[N+](=O)[O-].Cl. The lowest BCUT2D eigenvalue weighted by Gasteiger charge is -2.34. The molecule has 2 bridgehead atoms. The fourth-order valence-electron chi connectivity index (χ4n) is 3.50. The smallest absolute Gasteiger partial charge is 0.289 e. The van der Waals surface area contributed by atoms with E-state index >= 15 is 0 Å². The molecule has 2 fully saturated rings.